The molecule has 1 saturated carbocycles. The number of nitrogens with zero attached hydrogens (tertiary/aromatic N) is 2. The van der Waals surface area contributed by atoms with Crippen LogP contribution in [0.2, 0.25) is 0 Å². The van der Waals surface area contributed by atoms with Crippen LogP contribution < -0.4 is 5.32 Å². The van der Waals surface area contributed by atoms with Gasteiger partial charge in [-0.15, -0.1) is 0 Å². The van der Waals surface area contributed by atoms with E-state index in [0.717, 1.165) is 30.0 Å². The Kier molecular flexibility index (Phi) is 2.04. The van der Waals surface area contributed by atoms with Gasteiger partial charge in [-0.25, -0.2) is 0 Å². The molecule has 1 heterocycles. The fourth-order valence-corrected chi connectivity index (χ4v) is 2.89. The highest BCUT2D eigenvalue weighted by Crippen LogP contribution is 2.43. The molecule has 3 rings (SSSR count). The Labute approximate surface area is 90.2 Å². The van der Waals surface area contributed by atoms with Crippen LogP contribution in [0, 0.1) is 17.8 Å². The first-order chi connectivity index (χ1) is 7.31. The lowest BCUT2D eigenvalue weighted by Gasteiger charge is -2.18. The van der Waals surface area contributed by atoms with Gasteiger partial charge in [0.15, 0.2) is 0 Å². The fraction of sp³-hybridized carbons (Fsp3) is 0.583. The lowest BCUT2D eigenvalue weighted by atomic mass is 9.94. The number of aromatic nitrogens is 2. The minimum Gasteiger partial charge on any atom is -0.382 e. The van der Waals surface area contributed by atoms with E-state index in [1.165, 1.54) is 12.8 Å². The van der Waals surface area contributed by atoms with E-state index >= 15 is 0 Å². The Morgan fingerprint density at radius 2 is 2.40 bits per heavy atom. The Bertz CT molecular complexity index is 380. The van der Waals surface area contributed by atoms with Crippen molar-refractivity contribution in [2.24, 2.45) is 24.8 Å². The van der Waals surface area contributed by atoms with E-state index in [2.05, 4.69) is 22.6 Å². The maximum atomic E-state index is 4.15. The minimum absolute atomic E-state index is 0.833. The van der Waals surface area contributed by atoms with Crippen LogP contribution in [0.15, 0.2) is 24.5 Å². The summed E-state index contributed by atoms with van der Waals surface area (Å²) in [6.45, 7) is 1.09. The standard InChI is InChI=1S/C12H17N3/c1-15-8-12(7-14-15)13-6-11-5-9-2-3-10(11)4-9/h2-3,7-11,13H,4-6H2,1H3/t9-,10-,11-/m0/s1. The van der Waals surface area contributed by atoms with E-state index in [4.69, 9.17) is 0 Å². The zero-order chi connectivity index (χ0) is 10.3. The molecular weight excluding hydrogens is 186 g/mol. The molecule has 0 aliphatic heterocycles. The van der Waals surface area contributed by atoms with E-state index in [9.17, 15) is 0 Å². The third kappa shape index (κ3) is 1.66. The summed E-state index contributed by atoms with van der Waals surface area (Å²) in [4.78, 5) is 0. The van der Waals surface area contributed by atoms with Gasteiger partial charge in [0.25, 0.3) is 0 Å². The third-order valence-electron chi connectivity index (χ3n) is 3.69. The first-order valence-electron chi connectivity index (χ1n) is 5.72. The number of fused-ring (bicyclic) bond motifs is 2. The Balaban J connectivity index is 1.57. The molecule has 0 radical (unpaired) electrons. The van der Waals surface area contributed by atoms with Gasteiger partial charge >= 0.3 is 0 Å². The maximum Gasteiger partial charge on any atom is 0.0726 e. The van der Waals surface area contributed by atoms with E-state index in [-0.39, 0.29) is 0 Å². The van der Waals surface area contributed by atoms with Crippen LogP contribution in [0.5, 0.6) is 0 Å². The first-order valence-corrected chi connectivity index (χ1v) is 5.72. The van der Waals surface area contributed by atoms with Crippen LogP contribution in [0.1, 0.15) is 12.8 Å². The lowest BCUT2D eigenvalue weighted by Crippen LogP contribution is -2.17. The van der Waals surface area contributed by atoms with Gasteiger partial charge in [-0.1, -0.05) is 12.2 Å². The highest BCUT2D eigenvalue weighted by atomic mass is 15.3. The molecule has 2 aliphatic rings. The molecule has 2 bridgehead atoms. The average Bonchev–Trinajstić information content (AvgIpc) is 2.90. The molecule has 1 fully saturated rings. The molecular formula is C12H17N3. The molecule has 1 aromatic rings. The van der Waals surface area contributed by atoms with Gasteiger partial charge in [-0.2, -0.15) is 5.10 Å². The summed E-state index contributed by atoms with van der Waals surface area (Å²) < 4.78 is 1.84. The number of anilines is 1. The topological polar surface area (TPSA) is 29.9 Å². The normalized spacial score (nSPS) is 32.5. The van der Waals surface area contributed by atoms with Crippen LogP contribution in [0.3, 0.4) is 0 Å². The number of hydrogen-bond donors (Lipinski definition) is 1. The monoisotopic (exact) mass is 203 g/mol. The summed E-state index contributed by atoms with van der Waals surface area (Å²) in [5, 5.41) is 7.63. The second kappa shape index (κ2) is 3.40. The average molecular weight is 203 g/mol. The quantitative estimate of drug-likeness (QED) is 0.762. The summed E-state index contributed by atoms with van der Waals surface area (Å²) in [5.74, 6) is 2.54. The fourth-order valence-electron chi connectivity index (χ4n) is 2.89. The van der Waals surface area contributed by atoms with Crippen LogP contribution in [-0.4, -0.2) is 16.3 Å². The Morgan fingerprint density at radius 1 is 1.47 bits per heavy atom. The summed E-state index contributed by atoms with van der Waals surface area (Å²) in [6, 6.07) is 0. The van der Waals surface area contributed by atoms with Gasteiger partial charge in [0.1, 0.15) is 0 Å². The second-order valence-corrected chi connectivity index (χ2v) is 4.82. The molecule has 80 valence electrons. The van der Waals surface area contributed by atoms with Crippen molar-refractivity contribution in [1.29, 1.82) is 0 Å². The number of rotatable bonds is 3. The molecule has 1 aromatic heterocycles. The Hall–Kier alpha value is -1.25. The summed E-state index contributed by atoms with van der Waals surface area (Å²) in [7, 11) is 1.95. The largest absolute Gasteiger partial charge is 0.382 e. The third-order valence-corrected chi connectivity index (χ3v) is 3.69. The second-order valence-electron chi connectivity index (χ2n) is 4.82. The molecule has 0 spiro atoms. The minimum atomic E-state index is 0.833. The highest BCUT2D eigenvalue weighted by molar-refractivity contribution is 5.38. The smallest absolute Gasteiger partial charge is 0.0726 e. The van der Waals surface area contributed by atoms with Crippen molar-refractivity contribution in [3.63, 3.8) is 0 Å². The number of nitrogens with one attached hydrogen (secondary N) is 1. The van der Waals surface area contributed by atoms with Crippen LogP contribution in [0.4, 0.5) is 5.69 Å². The van der Waals surface area contributed by atoms with Gasteiger partial charge in [0.05, 0.1) is 11.9 Å². The maximum absolute atomic E-state index is 4.15. The summed E-state index contributed by atoms with van der Waals surface area (Å²) in [6.07, 6.45) is 11.5. The van der Waals surface area contributed by atoms with Crippen molar-refractivity contribution >= 4 is 5.69 Å². The highest BCUT2D eigenvalue weighted by Gasteiger charge is 2.35. The molecule has 2 aliphatic carbocycles. The molecule has 1 N–H and O–H groups in total. The van der Waals surface area contributed by atoms with Crippen molar-refractivity contribution < 1.29 is 0 Å². The van der Waals surface area contributed by atoms with Crippen molar-refractivity contribution in [3.05, 3.63) is 24.5 Å². The van der Waals surface area contributed by atoms with Gasteiger partial charge < -0.3 is 5.32 Å². The van der Waals surface area contributed by atoms with Gasteiger partial charge in [0.2, 0.25) is 0 Å². The van der Waals surface area contributed by atoms with Gasteiger partial charge in [-0.05, 0) is 30.6 Å². The molecule has 15 heavy (non-hydrogen) atoms. The van der Waals surface area contributed by atoms with Crippen molar-refractivity contribution in [3.8, 4) is 0 Å². The van der Waals surface area contributed by atoms with Crippen LogP contribution in [0.25, 0.3) is 0 Å². The van der Waals surface area contributed by atoms with E-state index in [1.807, 2.05) is 24.1 Å². The first kappa shape index (κ1) is 9.01. The summed E-state index contributed by atoms with van der Waals surface area (Å²) >= 11 is 0. The van der Waals surface area contributed by atoms with Crippen LogP contribution >= 0.6 is 0 Å². The predicted octanol–water partition coefficient (Wildman–Crippen LogP) is 2.04. The van der Waals surface area contributed by atoms with Crippen molar-refractivity contribution in [1.82, 2.24) is 9.78 Å². The van der Waals surface area contributed by atoms with Crippen molar-refractivity contribution in [2.45, 2.75) is 12.8 Å². The summed E-state index contributed by atoms with van der Waals surface area (Å²) in [5.41, 5.74) is 1.14. The molecule has 0 unspecified atom stereocenters. The molecule has 3 nitrogen and oxygen atoms in total. The number of allylic oxidation sites excluding steroid dienone is 2. The SMILES string of the molecule is Cn1cc(NC[C@@H]2C[C@H]3C=C[C@H]2C3)cn1. The van der Waals surface area contributed by atoms with Gasteiger partial charge in [-0.3, -0.25) is 4.68 Å². The zero-order valence-corrected chi connectivity index (χ0v) is 9.06. The van der Waals surface area contributed by atoms with Gasteiger partial charge in [0, 0.05) is 19.8 Å². The number of hydrogen-bond acceptors (Lipinski definition) is 2. The predicted molar refractivity (Wildman–Crippen MR) is 60.5 cm³/mol. The van der Waals surface area contributed by atoms with Crippen molar-refractivity contribution in [2.75, 3.05) is 11.9 Å². The van der Waals surface area contributed by atoms with E-state index in [0.29, 0.717) is 0 Å². The molecule has 0 saturated heterocycles. The molecule has 0 aromatic carbocycles. The Morgan fingerprint density at radius 3 is 3.00 bits per heavy atom. The number of aryl methyl sites for hydroxylation is 1. The lowest BCUT2D eigenvalue weighted by molar-refractivity contribution is 0.472. The molecule has 0 amide bonds. The van der Waals surface area contributed by atoms with Crippen LogP contribution in [-0.2, 0) is 7.05 Å². The van der Waals surface area contributed by atoms with E-state index in [1.54, 1.807) is 0 Å². The van der Waals surface area contributed by atoms with E-state index < -0.39 is 0 Å². The zero-order valence-electron chi connectivity index (χ0n) is 9.06. The molecule has 3 atom stereocenters. The molecule has 3 heteroatoms.